The molecule has 1 aliphatic rings. The van der Waals surface area contributed by atoms with Crippen LogP contribution >= 0.6 is 11.6 Å². The summed E-state index contributed by atoms with van der Waals surface area (Å²) in [5.41, 5.74) is 1.00. The summed E-state index contributed by atoms with van der Waals surface area (Å²) >= 11 is 6.08. The van der Waals surface area contributed by atoms with Crippen molar-refractivity contribution in [2.45, 2.75) is 25.4 Å². The van der Waals surface area contributed by atoms with E-state index < -0.39 is 0 Å². The number of nitrogens with one attached hydrogen (secondary N) is 1. The maximum atomic E-state index is 11.3. The number of rotatable bonds is 3. The van der Waals surface area contributed by atoms with Crippen molar-refractivity contribution in [3.8, 4) is 0 Å². The van der Waals surface area contributed by atoms with Gasteiger partial charge in [0.1, 0.15) is 6.04 Å². The van der Waals surface area contributed by atoms with Gasteiger partial charge in [-0.2, -0.15) is 0 Å². The highest BCUT2D eigenvalue weighted by Crippen LogP contribution is 2.23. The fourth-order valence-corrected chi connectivity index (χ4v) is 2.16. The van der Waals surface area contributed by atoms with Crippen LogP contribution in [-0.2, 0) is 9.53 Å². The predicted molar refractivity (Wildman–Crippen MR) is 62.4 cm³/mol. The summed E-state index contributed by atoms with van der Waals surface area (Å²) in [5.74, 6) is -0.168. The topological polar surface area (TPSA) is 38.3 Å². The third-order valence-electron chi connectivity index (χ3n) is 2.76. The van der Waals surface area contributed by atoms with Crippen molar-refractivity contribution in [2.24, 2.45) is 0 Å². The van der Waals surface area contributed by atoms with Crippen molar-refractivity contribution in [3.05, 3.63) is 34.9 Å². The highest BCUT2D eigenvalue weighted by Gasteiger charge is 2.28. The minimum atomic E-state index is -0.203. The molecule has 0 amide bonds. The molecular weight excluding hydrogens is 226 g/mol. The van der Waals surface area contributed by atoms with E-state index in [4.69, 9.17) is 16.3 Å². The summed E-state index contributed by atoms with van der Waals surface area (Å²) in [5, 5.41) is 3.94. The third-order valence-corrected chi connectivity index (χ3v) is 3.10. The van der Waals surface area contributed by atoms with Crippen molar-refractivity contribution < 1.29 is 9.53 Å². The molecule has 0 radical (unpaired) electrons. The van der Waals surface area contributed by atoms with Crippen molar-refractivity contribution >= 4 is 17.6 Å². The molecule has 16 heavy (non-hydrogen) atoms. The van der Waals surface area contributed by atoms with E-state index >= 15 is 0 Å². The van der Waals surface area contributed by atoms with Gasteiger partial charge < -0.3 is 4.74 Å². The lowest BCUT2D eigenvalue weighted by Crippen LogP contribution is -2.35. The van der Waals surface area contributed by atoms with E-state index in [9.17, 15) is 4.79 Å². The number of cyclic esters (lactones) is 1. The van der Waals surface area contributed by atoms with Crippen LogP contribution in [0.15, 0.2) is 24.3 Å². The van der Waals surface area contributed by atoms with E-state index in [1.807, 2.05) is 31.2 Å². The van der Waals surface area contributed by atoms with E-state index in [-0.39, 0.29) is 18.1 Å². The average molecular weight is 240 g/mol. The second-order valence-electron chi connectivity index (χ2n) is 3.92. The molecule has 2 rings (SSSR count). The summed E-state index contributed by atoms with van der Waals surface area (Å²) in [6, 6.07) is 7.48. The SMILES string of the molecule is CC(NC1CCOC1=O)c1ccccc1Cl. The van der Waals surface area contributed by atoms with Gasteiger partial charge in [-0.1, -0.05) is 29.8 Å². The van der Waals surface area contributed by atoms with Crippen LogP contribution in [0.2, 0.25) is 5.02 Å². The zero-order valence-corrected chi connectivity index (χ0v) is 9.83. The number of carbonyl (C=O) groups excluding carboxylic acids is 1. The van der Waals surface area contributed by atoms with Crippen molar-refractivity contribution in [1.82, 2.24) is 5.32 Å². The Morgan fingerprint density at radius 3 is 2.88 bits per heavy atom. The van der Waals surface area contributed by atoms with Crippen LogP contribution in [0.3, 0.4) is 0 Å². The number of benzene rings is 1. The summed E-state index contributed by atoms with van der Waals surface area (Å²) in [6.45, 7) is 2.50. The summed E-state index contributed by atoms with van der Waals surface area (Å²) in [7, 11) is 0. The van der Waals surface area contributed by atoms with Crippen LogP contribution < -0.4 is 5.32 Å². The number of esters is 1. The lowest BCUT2D eigenvalue weighted by atomic mass is 10.1. The lowest BCUT2D eigenvalue weighted by molar-refractivity contribution is -0.139. The maximum absolute atomic E-state index is 11.3. The largest absolute Gasteiger partial charge is 0.464 e. The summed E-state index contributed by atoms with van der Waals surface area (Å²) in [4.78, 5) is 11.3. The minimum Gasteiger partial charge on any atom is -0.464 e. The first-order valence-electron chi connectivity index (χ1n) is 5.35. The number of hydrogen-bond donors (Lipinski definition) is 1. The number of halogens is 1. The van der Waals surface area contributed by atoms with Crippen LogP contribution in [0.4, 0.5) is 0 Å². The normalized spacial score (nSPS) is 21.9. The van der Waals surface area contributed by atoms with Gasteiger partial charge in [0.05, 0.1) is 6.61 Å². The Bertz CT molecular complexity index is 394. The lowest BCUT2D eigenvalue weighted by Gasteiger charge is -2.18. The van der Waals surface area contributed by atoms with Gasteiger partial charge >= 0.3 is 5.97 Å². The maximum Gasteiger partial charge on any atom is 0.323 e. The fourth-order valence-electron chi connectivity index (χ4n) is 1.87. The molecule has 4 heteroatoms. The molecule has 2 unspecified atom stereocenters. The molecule has 3 nitrogen and oxygen atoms in total. The van der Waals surface area contributed by atoms with Crippen LogP contribution in [0.5, 0.6) is 0 Å². The first kappa shape index (κ1) is 11.4. The molecule has 0 aliphatic carbocycles. The minimum absolute atomic E-state index is 0.0457. The van der Waals surface area contributed by atoms with Gasteiger partial charge in [0, 0.05) is 17.5 Å². The van der Waals surface area contributed by atoms with Gasteiger partial charge in [0.15, 0.2) is 0 Å². The Labute approximate surface area is 99.7 Å². The Balaban J connectivity index is 2.05. The fraction of sp³-hybridized carbons (Fsp3) is 0.417. The van der Waals surface area contributed by atoms with E-state index in [2.05, 4.69) is 5.32 Å². The molecule has 1 saturated heterocycles. The Kier molecular flexibility index (Phi) is 3.46. The molecule has 0 saturated carbocycles. The molecule has 2 atom stereocenters. The molecule has 1 aromatic carbocycles. The second-order valence-corrected chi connectivity index (χ2v) is 4.33. The molecule has 0 aromatic heterocycles. The Morgan fingerprint density at radius 1 is 1.50 bits per heavy atom. The van der Waals surface area contributed by atoms with Gasteiger partial charge in [-0.3, -0.25) is 10.1 Å². The zero-order chi connectivity index (χ0) is 11.5. The highest BCUT2D eigenvalue weighted by atomic mass is 35.5. The van der Waals surface area contributed by atoms with E-state index in [0.717, 1.165) is 12.0 Å². The predicted octanol–water partition coefficient (Wildman–Crippen LogP) is 2.31. The molecule has 1 aliphatic heterocycles. The van der Waals surface area contributed by atoms with Gasteiger partial charge in [0.2, 0.25) is 0 Å². The Morgan fingerprint density at radius 2 is 2.25 bits per heavy atom. The van der Waals surface area contributed by atoms with Crippen LogP contribution in [0.25, 0.3) is 0 Å². The van der Waals surface area contributed by atoms with Crippen molar-refractivity contribution in [1.29, 1.82) is 0 Å². The number of carbonyl (C=O) groups is 1. The summed E-state index contributed by atoms with van der Waals surface area (Å²) in [6.07, 6.45) is 0.730. The number of hydrogen-bond acceptors (Lipinski definition) is 3. The van der Waals surface area contributed by atoms with E-state index in [0.29, 0.717) is 11.6 Å². The van der Waals surface area contributed by atoms with Gasteiger partial charge in [0.25, 0.3) is 0 Å². The van der Waals surface area contributed by atoms with Crippen molar-refractivity contribution in [3.63, 3.8) is 0 Å². The van der Waals surface area contributed by atoms with Crippen LogP contribution in [0.1, 0.15) is 24.9 Å². The van der Waals surface area contributed by atoms with Crippen LogP contribution in [-0.4, -0.2) is 18.6 Å². The quantitative estimate of drug-likeness (QED) is 0.823. The van der Waals surface area contributed by atoms with Crippen LogP contribution in [0, 0.1) is 0 Å². The van der Waals surface area contributed by atoms with Gasteiger partial charge in [-0.15, -0.1) is 0 Å². The molecule has 0 spiro atoms. The van der Waals surface area contributed by atoms with Gasteiger partial charge in [-0.05, 0) is 18.6 Å². The Hall–Kier alpha value is -1.06. The first-order chi connectivity index (χ1) is 7.68. The molecule has 1 heterocycles. The molecule has 0 bridgehead atoms. The molecule has 86 valence electrons. The highest BCUT2D eigenvalue weighted by molar-refractivity contribution is 6.31. The molecule has 1 aromatic rings. The number of ether oxygens (including phenoxy) is 1. The smallest absolute Gasteiger partial charge is 0.323 e. The molecular formula is C12H14ClNO2. The van der Waals surface area contributed by atoms with E-state index in [1.165, 1.54) is 0 Å². The van der Waals surface area contributed by atoms with Crippen molar-refractivity contribution in [2.75, 3.05) is 6.61 Å². The zero-order valence-electron chi connectivity index (χ0n) is 9.07. The second kappa shape index (κ2) is 4.85. The average Bonchev–Trinajstić information content (AvgIpc) is 2.65. The first-order valence-corrected chi connectivity index (χ1v) is 5.73. The van der Waals surface area contributed by atoms with Gasteiger partial charge in [-0.25, -0.2) is 0 Å². The molecule has 1 fully saturated rings. The third kappa shape index (κ3) is 2.36. The van der Waals surface area contributed by atoms with E-state index in [1.54, 1.807) is 0 Å². The monoisotopic (exact) mass is 239 g/mol. The standard InChI is InChI=1S/C12H14ClNO2/c1-8(9-4-2-3-5-10(9)13)14-11-6-7-16-12(11)15/h2-5,8,11,14H,6-7H2,1H3. The summed E-state index contributed by atoms with van der Waals surface area (Å²) < 4.78 is 4.90. The molecule has 1 N–H and O–H groups in total.